The van der Waals surface area contributed by atoms with Crippen molar-refractivity contribution in [3.63, 3.8) is 0 Å². The second-order valence-corrected chi connectivity index (χ2v) is 7.32. The number of allylic oxidation sites excluding steroid dienone is 1. The van der Waals surface area contributed by atoms with Crippen LogP contribution in [0.1, 0.15) is 11.3 Å². The molecule has 3 aromatic rings. The molecule has 1 aliphatic rings. The van der Waals surface area contributed by atoms with Crippen LogP contribution < -0.4 is 25.7 Å². The number of pyridine rings is 2. The smallest absolute Gasteiger partial charge is 0.253 e. The third-order valence-corrected chi connectivity index (χ3v) is 5.45. The zero-order valence-corrected chi connectivity index (χ0v) is 18.0. The lowest BCUT2D eigenvalue weighted by Crippen LogP contribution is -2.29. The summed E-state index contributed by atoms with van der Waals surface area (Å²) in [7, 11) is 5.08. The molecular formula is C23H25N5O3. The molecular weight excluding hydrogens is 394 g/mol. The number of aromatic nitrogens is 2. The quantitative estimate of drug-likeness (QED) is 0.654. The predicted molar refractivity (Wildman–Crippen MR) is 124 cm³/mol. The maximum atomic E-state index is 12.5. The second-order valence-electron chi connectivity index (χ2n) is 7.32. The fourth-order valence-corrected chi connectivity index (χ4v) is 3.87. The number of aryl methyl sites for hydroxylation is 2. The summed E-state index contributed by atoms with van der Waals surface area (Å²) in [4.78, 5) is 23.3. The van der Waals surface area contributed by atoms with Gasteiger partial charge in [-0.1, -0.05) is 0 Å². The van der Waals surface area contributed by atoms with Gasteiger partial charge in [0.15, 0.2) is 0 Å². The molecule has 0 unspecified atom stereocenters. The van der Waals surface area contributed by atoms with Crippen LogP contribution in [0.3, 0.4) is 0 Å². The number of hydrogen-bond donors (Lipinski definition) is 1. The first kappa shape index (κ1) is 20.5. The molecule has 2 N–H and O–H groups in total. The zero-order chi connectivity index (χ0) is 22.1. The molecule has 0 bridgehead atoms. The molecule has 0 fully saturated rings. The van der Waals surface area contributed by atoms with Crippen molar-refractivity contribution in [1.29, 1.82) is 0 Å². The van der Waals surface area contributed by atoms with E-state index in [0.29, 0.717) is 41.5 Å². The first-order chi connectivity index (χ1) is 15.0. The highest BCUT2D eigenvalue weighted by Gasteiger charge is 2.24. The number of anilines is 2. The average Bonchev–Trinajstić information content (AvgIpc) is 2.80. The van der Waals surface area contributed by atoms with Crippen molar-refractivity contribution in [2.24, 2.45) is 17.8 Å². The SMILES string of the molecule is CN=C/C(=C\N)c1cc2c(cn1)N(c1cc(OC)cc3c1cc(C)c(=O)n3C)CCO2. The van der Waals surface area contributed by atoms with E-state index in [9.17, 15) is 4.79 Å². The molecule has 8 nitrogen and oxygen atoms in total. The van der Waals surface area contributed by atoms with E-state index in [1.165, 1.54) is 6.20 Å². The minimum absolute atomic E-state index is 0.0286. The highest BCUT2D eigenvalue weighted by molar-refractivity contribution is 6.09. The van der Waals surface area contributed by atoms with Gasteiger partial charge >= 0.3 is 0 Å². The third-order valence-electron chi connectivity index (χ3n) is 5.45. The van der Waals surface area contributed by atoms with Gasteiger partial charge < -0.3 is 24.7 Å². The Kier molecular flexibility index (Phi) is 5.37. The summed E-state index contributed by atoms with van der Waals surface area (Å²) >= 11 is 0. The summed E-state index contributed by atoms with van der Waals surface area (Å²) in [5, 5.41) is 0.956. The van der Waals surface area contributed by atoms with Crippen molar-refractivity contribution in [2.75, 3.05) is 32.2 Å². The lowest BCUT2D eigenvalue weighted by molar-refractivity contribution is 0.313. The van der Waals surface area contributed by atoms with Crippen LogP contribution >= 0.6 is 0 Å². The normalized spacial score (nSPS) is 14.1. The van der Waals surface area contributed by atoms with Gasteiger partial charge in [0, 0.05) is 61.2 Å². The number of aliphatic imine (C=N–C) groups is 1. The topological polar surface area (TPSA) is 95.0 Å². The van der Waals surface area contributed by atoms with Crippen molar-refractivity contribution >= 4 is 34.1 Å². The molecule has 0 radical (unpaired) electrons. The molecule has 0 saturated carbocycles. The van der Waals surface area contributed by atoms with Crippen LogP contribution in [0.25, 0.3) is 16.5 Å². The number of nitrogens with zero attached hydrogens (tertiary/aromatic N) is 4. The van der Waals surface area contributed by atoms with Gasteiger partial charge in [-0.25, -0.2) is 0 Å². The number of ether oxygens (including phenoxy) is 2. The van der Waals surface area contributed by atoms with E-state index in [2.05, 4.69) is 14.9 Å². The Morgan fingerprint density at radius 2 is 2.10 bits per heavy atom. The fourth-order valence-electron chi connectivity index (χ4n) is 3.87. The number of rotatable bonds is 4. The summed E-state index contributed by atoms with van der Waals surface area (Å²) in [5.41, 5.74) is 10.3. The van der Waals surface area contributed by atoms with E-state index in [0.717, 1.165) is 22.3 Å². The summed E-state index contributed by atoms with van der Waals surface area (Å²) in [6.07, 6.45) is 4.91. The van der Waals surface area contributed by atoms with Gasteiger partial charge in [-0.2, -0.15) is 0 Å². The Morgan fingerprint density at radius 3 is 2.81 bits per heavy atom. The van der Waals surface area contributed by atoms with Crippen molar-refractivity contribution in [1.82, 2.24) is 9.55 Å². The maximum absolute atomic E-state index is 12.5. The van der Waals surface area contributed by atoms with Crippen molar-refractivity contribution in [3.8, 4) is 11.5 Å². The Balaban J connectivity index is 1.92. The molecule has 2 aromatic heterocycles. The van der Waals surface area contributed by atoms with Gasteiger partial charge in [-0.3, -0.25) is 14.8 Å². The largest absolute Gasteiger partial charge is 0.497 e. The monoisotopic (exact) mass is 419 g/mol. The van der Waals surface area contributed by atoms with Crippen LogP contribution in [-0.4, -0.2) is 43.1 Å². The standard InChI is InChI=1S/C23H25N5O3/c1-14-7-17-19(27(3)23(14)29)8-16(30-4)9-20(17)28-5-6-31-22-10-18(26-13-21(22)28)15(11-24)12-25-2/h7-13H,5-6,24H2,1-4H3/b15-11+,25-12?. The Morgan fingerprint density at radius 1 is 1.29 bits per heavy atom. The molecule has 0 amide bonds. The van der Waals surface area contributed by atoms with Crippen molar-refractivity contribution in [3.05, 3.63) is 58.3 Å². The van der Waals surface area contributed by atoms with Gasteiger partial charge in [0.2, 0.25) is 0 Å². The summed E-state index contributed by atoms with van der Waals surface area (Å²) in [6, 6.07) is 7.65. The van der Waals surface area contributed by atoms with E-state index in [-0.39, 0.29) is 5.56 Å². The van der Waals surface area contributed by atoms with Gasteiger partial charge in [0.1, 0.15) is 23.8 Å². The molecule has 8 heteroatoms. The number of methoxy groups -OCH3 is 1. The van der Waals surface area contributed by atoms with Gasteiger partial charge in [0.25, 0.3) is 5.56 Å². The molecule has 4 rings (SSSR count). The number of benzene rings is 1. The first-order valence-corrected chi connectivity index (χ1v) is 9.91. The Hall–Kier alpha value is -3.81. The van der Waals surface area contributed by atoms with Crippen LogP contribution in [0.15, 0.2) is 46.4 Å². The number of hydrogen-bond acceptors (Lipinski definition) is 7. The van der Waals surface area contributed by atoms with E-state index in [1.807, 2.05) is 31.2 Å². The van der Waals surface area contributed by atoms with Crippen LogP contribution in [-0.2, 0) is 7.05 Å². The molecule has 31 heavy (non-hydrogen) atoms. The lowest BCUT2D eigenvalue weighted by Gasteiger charge is -2.32. The second kappa shape index (κ2) is 8.14. The highest BCUT2D eigenvalue weighted by atomic mass is 16.5. The molecule has 0 aliphatic carbocycles. The molecule has 1 aliphatic heterocycles. The van der Waals surface area contributed by atoms with Crippen LogP contribution in [0.4, 0.5) is 11.4 Å². The minimum atomic E-state index is -0.0286. The summed E-state index contributed by atoms with van der Waals surface area (Å²) < 4.78 is 13.1. The van der Waals surface area contributed by atoms with Gasteiger partial charge in [-0.05, 0) is 13.0 Å². The molecule has 3 heterocycles. The fraction of sp³-hybridized carbons (Fsp3) is 0.261. The van der Waals surface area contributed by atoms with Crippen LogP contribution in [0.2, 0.25) is 0 Å². The minimum Gasteiger partial charge on any atom is -0.497 e. The molecule has 160 valence electrons. The van der Waals surface area contributed by atoms with E-state index >= 15 is 0 Å². The van der Waals surface area contributed by atoms with E-state index in [1.54, 1.807) is 38.2 Å². The summed E-state index contributed by atoms with van der Waals surface area (Å²) in [6.45, 7) is 2.96. The van der Waals surface area contributed by atoms with E-state index < -0.39 is 0 Å². The average molecular weight is 419 g/mol. The Labute approximate surface area is 180 Å². The first-order valence-electron chi connectivity index (χ1n) is 9.91. The molecule has 0 spiro atoms. The third kappa shape index (κ3) is 3.50. The van der Waals surface area contributed by atoms with Gasteiger partial charge in [-0.15, -0.1) is 0 Å². The van der Waals surface area contributed by atoms with Gasteiger partial charge in [0.05, 0.1) is 36.7 Å². The van der Waals surface area contributed by atoms with Crippen molar-refractivity contribution in [2.45, 2.75) is 6.92 Å². The van der Waals surface area contributed by atoms with Crippen LogP contribution in [0, 0.1) is 6.92 Å². The lowest BCUT2D eigenvalue weighted by atomic mass is 10.1. The Bertz CT molecular complexity index is 1280. The highest BCUT2D eigenvalue weighted by Crippen LogP contribution is 2.41. The predicted octanol–water partition coefficient (Wildman–Crippen LogP) is 2.78. The zero-order valence-electron chi connectivity index (χ0n) is 18.0. The summed E-state index contributed by atoms with van der Waals surface area (Å²) in [5.74, 6) is 1.38. The molecule has 0 saturated heterocycles. The maximum Gasteiger partial charge on any atom is 0.253 e. The van der Waals surface area contributed by atoms with Crippen LogP contribution in [0.5, 0.6) is 11.5 Å². The van der Waals surface area contributed by atoms with E-state index in [4.69, 9.17) is 15.2 Å². The number of nitrogens with two attached hydrogens (primary N) is 1. The van der Waals surface area contributed by atoms with Crippen molar-refractivity contribution < 1.29 is 9.47 Å². The number of fused-ring (bicyclic) bond motifs is 2. The molecule has 0 atom stereocenters. The molecule has 1 aromatic carbocycles.